The molecule has 0 fully saturated rings. The fourth-order valence-electron chi connectivity index (χ4n) is 8.36. The molecule has 11 rings (SSSR count). The van der Waals surface area contributed by atoms with Crippen molar-refractivity contribution in [1.82, 2.24) is 0 Å². The first-order valence-corrected chi connectivity index (χ1v) is 18.7. The van der Waals surface area contributed by atoms with Crippen molar-refractivity contribution in [2.24, 2.45) is 0 Å². The first kappa shape index (κ1) is 31.2. The topological polar surface area (TPSA) is 29.5 Å². The van der Waals surface area contributed by atoms with E-state index in [9.17, 15) is 0 Å². The highest BCUT2D eigenvalue weighted by atomic mass is 16.3. The molecule has 2 aromatic heterocycles. The van der Waals surface area contributed by atoms with Crippen molar-refractivity contribution in [2.45, 2.75) is 0 Å². The Hall–Kier alpha value is -7.36. The van der Waals surface area contributed by atoms with Crippen molar-refractivity contribution in [1.29, 1.82) is 0 Å². The Balaban J connectivity index is 1.17. The molecular formula is C52H33NO2. The second kappa shape index (κ2) is 12.6. The van der Waals surface area contributed by atoms with Crippen molar-refractivity contribution >= 4 is 71.7 Å². The molecule has 9 aromatic carbocycles. The van der Waals surface area contributed by atoms with E-state index in [1.807, 2.05) is 12.1 Å². The molecule has 0 saturated carbocycles. The highest BCUT2D eigenvalue weighted by molar-refractivity contribution is 6.17. The minimum Gasteiger partial charge on any atom is -0.456 e. The number of para-hydroxylation sites is 4. The van der Waals surface area contributed by atoms with Gasteiger partial charge in [0.25, 0.3) is 0 Å². The van der Waals surface area contributed by atoms with Crippen LogP contribution in [0.2, 0.25) is 0 Å². The van der Waals surface area contributed by atoms with Crippen LogP contribution in [0.1, 0.15) is 0 Å². The molecule has 2 heterocycles. The number of rotatable bonds is 6. The largest absolute Gasteiger partial charge is 0.456 e. The van der Waals surface area contributed by atoms with Gasteiger partial charge in [-0.3, -0.25) is 0 Å². The van der Waals surface area contributed by atoms with E-state index in [0.717, 1.165) is 99.7 Å². The lowest BCUT2D eigenvalue weighted by atomic mass is 9.95. The molecule has 3 nitrogen and oxygen atoms in total. The second-order valence-electron chi connectivity index (χ2n) is 14.0. The summed E-state index contributed by atoms with van der Waals surface area (Å²) in [5.74, 6) is 0. The summed E-state index contributed by atoms with van der Waals surface area (Å²) in [4.78, 5) is 2.41. The molecule has 0 N–H and O–H groups in total. The summed E-state index contributed by atoms with van der Waals surface area (Å²) in [5.41, 5.74) is 13.4. The number of fused-ring (bicyclic) bond motifs is 7. The molecule has 0 spiro atoms. The molecule has 0 aliphatic heterocycles. The van der Waals surface area contributed by atoms with E-state index in [1.165, 1.54) is 5.39 Å². The smallest absolute Gasteiger partial charge is 0.143 e. The van der Waals surface area contributed by atoms with Crippen LogP contribution in [-0.4, -0.2) is 0 Å². The number of hydrogen-bond acceptors (Lipinski definition) is 3. The summed E-state index contributed by atoms with van der Waals surface area (Å²) in [5, 5.41) is 6.81. The van der Waals surface area contributed by atoms with E-state index >= 15 is 0 Å². The van der Waals surface area contributed by atoms with Crippen molar-refractivity contribution in [2.75, 3.05) is 4.90 Å². The van der Waals surface area contributed by atoms with Gasteiger partial charge in [0.2, 0.25) is 0 Å². The monoisotopic (exact) mass is 703 g/mol. The van der Waals surface area contributed by atoms with Crippen LogP contribution in [0.4, 0.5) is 17.1 Å². The molecular weight excluding hydrogens is 671 g/mol. The zero-order valence-electron chi connectivity index (χ0n) is 29.8. The van der Waals surface area contributed by atoms with Gasteiger partial charge in [-0.2, -0.15) is 0 Å². The van der Waals surface area contributed by atoms with Crippen LogP contribution in [-0.2, 0) is 0 Å². The Labute approximate surface area is 317 Å². The Kier molecular flexibility index (Phi) is 7.17. The zero-order chi connectivity index (χ0) is 36.3. The highest BCUT2D eigenvalue weighted by Gasteiger charge is 2.23. The Bertz CT molecular complexity index is 3220. The average Bonchev–Trinajstić information content (AvgIpc) is 3.82. The van der Waals surface area contributed by atoms with Crippen LogP contribution < -0.4 is 4.90 Å². The summed E-state index contributed by atoms with van der Waals surface area (Å²) in [6.07, 6.45) is 0. The van der Waals surface area contributed by atoms with E-state index in [-0.39, 0.29) is 0 Å². The second-order valence-corrected chi connectivity index (χ2v) is 14.0. The van der Waals surface area contributed by atoms with Crippen LogP contribution in [0.25, 0.3) is 88.0 Å². The van der Waals surface area contributed by atoms with Crippen LogP contribution in [0.3, 0.4) is 0 Å². The zero-order valence-corrected chi connectivity index (χ0v) is 29.8. The molecule has 0 aliphatic rings. The summed E-state index contributed by atoms with van der Waals surface area (Å²) in [6, 6.07) is 71.0. The van der Waals surface area contributed by atoms with Gasteiger partial charge < -0.3 is 13.7 Å². The molecule has 0 amide bonds. The van der Waals surface area contributed by atoms with Gasteiger partial charge in [-0.15, -0.1) is 0 Å². The Morgan fingerprint density at radius 2 is 0.927 bits per heavy atom. The number of nitrogens with zero attached hydrogens (tertiary/aromatic N) is 1. The van der Waals surface area contributed by atoms with Gasteiger partial charge >= 0.3 is 0 Å². The van der Waals surface area contributed by atoms with Crippen LogP contribution in [0, 0.1) is 0 Å². The van der Waals surface area contributed by atoms with Crippen LogP contribution in [0.5, 0.6) is 0 Å². The normalized spacial score (nSPS) is 11.6. The molecule has 258 valence electrons. The maximum absolute atomic E-state index is 6.57. The minimum absolute atomic E-state index is 0.870. The van der Waals surface area contributed by atoms with E-state index in [0.29, 0.717) is 0 Å². The van der Waals surface area contributed by atoms with Crippen molar-refractivity contribution < 1.29 is 8.83 Å². The van der Waals surface area contributed by atoms with Gasteiger partial charge in [0.15, 0.2) is 0 Å². The van der Waals surface area contributed by atoms with E-state index in [4.69, 9.17) is 8.83 Å². The summed E-state index contributed by atoms with van der Waals surface area (Å²) in [6.45, 7) is 0. The molecule has 0 bridgehead atoms. The lowest BCUT2D eigenvalue weighted by Crippen LogP contribution is -2.12. The quantitative estimate of drug-likeness (QED) is 0.173. The third kappa shape index (κ3) is 5.13. The summed E-state index contributed by atoms with van der Waals surface area (Å²) < 4.78 is 13.1. The van der Waals surface area contributed by atoms with Crippen molar-refractivity contribution in [3.05, 3.63) is 200 Å². The SMILES string of the molecule is c1ccc(-c2ccccc2N(c2cccc(-c3cccc4c3oc3ccccc34)c2)c2ccccc2-c2cccc3oc4cc5ccccc5cc4c23)cc1. The predicted octanol–water partition coefficient (Wildman–Crippen LogP) is 15.1. The summed E-state index contributed by atoms with van der Waals surface area (Å²) >= 11 is 0. The number of furan rings is 2. The van der Waals surface area contributed by atoms with E-state index < -0.39 is 0 Å². The highest BCUT2D eigenvalue weighted by Crippen LogP contribution is 2.48. The van der Waals surface area contributed by atoms with E-state index in [2.05, 4.69) is 193 Å². The number of benzene rings is 9. The van der Waals surface area contributed by atoms with Crippen LogP contribution >= 0.6 is 0 Å². The van der Waals surface area contributed by atoms with E-state index in [1.54, 1.807) is 0 Å². The number of anilines is 3. The van der Waals surface area contributed by atoms with Gasteiger partial charge in [-0.1, -0.05) is 152 Å². The average molecular weight is 704 g/mol. The molecule has 0 unspecified atom stereocenters. The van der Waals surface area contributed by atoms with Gasteiger partial charge in [0.1, 0.15) is 22.3 Å². The molecule has 11 aromatic rings. The third-order valence-electron chi connectivity index (χ3n) is 10.8. The van der Waals surface area contributed by atoms with Gasteiger partial charge in [-0.05, 0) is 76.0 Å². The Morgan fingerprint density at radius 1 is 0.327 bits per heavy atom. The van der Waals surface area contributed by atoms with Crippen LogP contribution in [0.15, 0.2) is 209 Å². The predicted molar refractivity (Wildman–Crippen MR) is 229 cm³/mol. The maximum atomic E-state index is 6.57. The summed E-state index contributed by atoms with van der Waals surface area (Å²) in [7, 11) is 0. The lowest BCUT2D eigenvalue weighted by Gasteiger charge is -2.30. The van der Waals surface area contributed by atoms with Crippen molar-refractivity contribution in [3.8, 4) is 33.4 Å². The Morgan fingerprint density at radius 3 is 1.80 bits per heavy atom. The fraction of sp³-hybridized carbons (Fsp3) is 0. The lowest BCUT2D eigenvalue weighted by molar-refractivity contribution is 0.669. The standard InChI is InChI=1S/C52H33NO2/c1-2-15-34(16-3-1)39-21-6-9-27-46(39)53(38-20-12-19-37(31-38)40-24-13-26-44-42-23-8-11-29-48(42)55-52(40)44)47-28-10-7-22-41(47)43-25-14-30-49-51(43)45-32-35-17-4-5-18-36(35)33-50(45)54-49/h1-33H. The third-order valence-corrected chi connectivity index (χ3v) is 10.8. The van der Waals surface area contributed by atoms with Gasteiger partial charge in [-0.25, -0.2) is 0 Å². The first-order valence-electron chi connectivity index (χ1n) is 18.7. The molecule has 0 atom stereocenters. The molecule has 55 heavy (non-hydrogen) atoms. The number of hydrogen-bond donors (Lipinski definition) is 0. The first-order chi connectivity index (χ1) is 27.3. The maximum Gasteiger partial charge on any atom is 0.143 e. The van der Waals surface area contributed by atoms with Gasteiger partial charge in [0.05, 0.1) is 11.4 Å². The van der Waals surface area contributed by atoms with Crippen molar-refractivity contribution in [3.63, 3.8) is 0 Å². The molecule has 3 heteroatoms. The molecule has 0 saturated heterocycles. The molecule has 0 radical (unpaired) electrons. The molecule has 0 aliphatic carbocycles. The van der Waals surface area contributed by atoms with Gasteiger partial charge in [0, 0.05) is 43.9 Å². The fourth-order valence-corrected chi connectivity index (χ4v) is 8.36. The minimum atomic E-state index is 0.870.